The van der Waals surface area contributed by atoms with Gasteiger partial charge in [-0.2, -0.15) is 0 Å². The first-order valence-electron chi connectivity index (χ1n) is 6.97. The van der Waals surface area contributed by atoms with Crippen molar-refractivity contribution in [2.75, 3.05) is 6.54 Å². The summed E-state index contributed by atoms with van der Waals surface area (Å²) in [5.74, 6) is 1.65. The lowest BCUT2D eigenvalue weighted by molar-refractivity contribution is 0.207. The van der Waals surface area contributed by atoms with Gasteiger partial charge >= 0.3 is 0 Å². The Morgan fingerprint density at radius 3 is 1.88 bits per heavy atom. The van der Waals surface area contributed by atoms with Gasteiger partial charge in [0.25, 0.3) is 0 Å². The van der Waals surface area contributed by atoms with E-state index in [0.29, 0.717) is 11.5 Å². The van der Waals surface area contributed by atoms with E-state index in [1.54, 1.807) is 0 Å². The monoisotopic (exact) mass is 227 g/mol. The van der Waals surface area contributed by atoms with Gasteiger partial charge in [0.2, 0.25) is 0 Å². The van der Waals surface area contributed by atoms with Crippen LogP contribution >= 0.6 is 0 Å². The van der Waals surface area contributed by atoms with Crippen molar-refractivity contribution < 1.29 is 0 Å². The highest BCUT2D eigenvalue weighted by Gasteiger charge is 2.23. The molecule has 1 N–H and O–H groups in total. The van der Waals surface area contributed by atoms with Crippen LogP contribution in [-0.2, 0) is 0 Å². The quantitative estimate of drug-likeness (QED) is 0.676. The average Bonchev–Trinajstić information content (AvgIpc) is 2.07. The fraction of sp³-hybridized carbons (Fsp3) is 1.00. The molecule has 16 heavy (non-hydrogen) atoms. The fourth-order valence-electron chi connectivity index (χ4n) is 1.99. The molecule has 0 heterocycles. The Hall–Kier alpha value is -0.0400. The zero-order valence-corrected chi connectivity index (χ0v) is 12.6. The van der Waals surface area contributed by atoms with E-state index in [2.05, 4.69) is 53.8 Å². The summed E-state index contributed by atoms with van der Waals surface area (Å²) in [6.07, 6.45) is 4.11. The van der Waals surface area contributed by atoms with Gasteiger partial charge in [-0.15, -0.1) is 0 Å². The molecule has 0 spiro atoms. The van der Waals surface area contributed by atoms with E-state index in [1.807, 2.05) is 0 Å². The Bertz CT molecular complexity index is 165. The maximum absolute atomic E-state index is 3.59. The molecular formula is C15H33N. The predicted octanol–water partition coefficient (Wildman–Crippen LogP) is 4.47. The summed E-state index contributed by atoms with van der Waals surface area (Å²) in [6, 6.07) is 0.606. The van der Waals surface area contributed by atoms with Crippen molar-refractivity contribution in [3.05, 3.63) is 0 Å². The Morgan fingerprint density at radius 2 is 1.50 bits per heavy atom. The number of nitrogens with one attached hydrogen (secondary N) is 1. The molecule has 0 aliphatic rings. The molecule has 0 fully saturated rings. The van der Waals surface area contributed by atoms with E-state index in [1.165, 1.54) is 25.8 Å². The van der Waals surface area contributed by atoms with Gasteiger partial charge in [0.1, 0.15) is 0 Å². The van der Waals surface area contributed by atoms with Gasteiger partial charge in [-0.1, -0.05) is 61.3 Å². The second kappa shape index (κ2) is 7.32. The number of rotatable bonds is 7. The Balaban J connectivity index is 4.02. The van der Waals surface area contributed by atoms with Crippen molar-refractivity contribution in [3.8, 4) is 0 Å². The first kappa shape index (κ1) is 16.0. The molecule has 1 nitrogen and oxygen atoms in total. The summed E-state index contributed by atoms with van der Waals surface area (Å²) >= 11 is 0. The van der Waals surface area contributed by atoms with Crippen LogP contribution in [0.25, 0.3) is 0 Å². The Labute approximate surface area is 103 Å². The van der Waals surface area contributed by atoms with Gasteiger partial charge in [-0.25, -0.2) is 0 Å². The van der Waals surface area contributed by atoms with Crippen molar-refractivity contribution in [2.24, 2.45) is 17.3 Å². The highest BCUT2D eigenvalue weighted by Crippen LogP contribution is 2.30. The van der Waals surface area contributed by atoms with Crippen LogP contribution in [0.1, 0.15) is 67.7 Å². The van der Waals surface area contributed by atoms with E-state index >= 15 is 0 Å². The first-order valence-corrected chi connectivity index (χ1v) is 6.97. The summed E-state index contributed by atoms with van der Waals surface area (Å²) in [6.45, 7) is 17.4. The van der Waals surface area contributed by atoms with Crippen molar-refractivity contribution >= 4 is 0 Å². The van der Waals surface area contributed by atoms with Crippen molar-refractivity contribution in [3.63, 3.8) is 0 Å². The highest BCUT2D eigenvalue weighted by atomic mass is 14.9. The van der Waals surface area contributed by atoms with Crippen LogP contribution in [0.2, 0.25) is 0 Å². The molecule has 1 heteroatoms. The lowest BCUT2D eigenvalue weighted by atomic mass is 9.77. The van der Waals surface area contributed by atoms with Crippen LogP contribution in [0.15, 0.2) is 0 Å². The second-order valence-corrected chi connectivity index (χ2v) is 6.95. The maximum atomic E-state index is 3.59. The highest BCUT2D eigenvalue weighted by molar-refractivity contribution is 4.76. The van der Waals surface area contributed by atoms with Gasteiger partial charge in [-0.3, -0.25) is 0 Å². The smallest absolute Gasteiger partial charge is 0.00104 e. The van der Waals surface area contributed by atoms with Crippen LogP contribution in [0, 0.1) is 17.3 Å². The minimum atomic E-state index is 0.429. The molecule has 0 aromatic rings. The van der Waals surface area contributed by atoms with E-state index in [0.717, 1.165) is 11.8 Å². The van der Waals surface area contributed by atoms with Crippen LogP contribution in [0.5, 0.6) is 0 Å². The summed E-state index contributed by atoms with van der Waals surface area (Å²) in [5.41, 5.74) is 0.429. The number of hydrogen-bond donors (Lipinski definition) is 1. The number of hydrogen-bond acceptors (Lipinski definition) is 1. The predicted molar refractivity (Wildman–Crippen MR) is 74.8 cm³/mol. The van der Waals surface area contributed by atoms with Crippen LogP contribution in [-0.4, -0.2) is 12.6 Å². The Kier molecular flexibility index (Phi) is 7.30. The van der Waals surface area contributed by atoms with Gasteiger partial charge in [0.15, 0.2) is 0 Å². The zero-order valence-electron chi connectivity index (χ0n) is 12.6. The van der Waals surface area contributed by atoms with Gasteiger partial charge in [0.05, 0.1) is 0 Å². The summed E-state index contributed by atoms with van der Waals surface area (Å²) in [4.78, 5) is 0. The molecule has 1 atom stereocenters. The SMILES string of the molecule is CC(C)CCCC(CNC(C)C)C(C)(C)C. The topological polar surface area (TPSA) is 12.0 Å². The van der Waals surface area contributed by atoms with Crippen LogP contribution in [0.4, 0.5) is 0 Å². The molecule has 0 rings (SSSR count). The maximum Gasteiger partial charge on any atom is 0.00104 e. The van der Waals surface area contributed by atoms with E-state index in [9.17, 15) is 0 Å². The van der Waals surface area contributed by atoms with Gasteiger partial charge < -0.3 is 5.32 Å². The fourth-order valence-corrected chi connectivity index (χ4v) is 1.99. The zero-order chi connectivity index (χ0) is 12.8. The normalized spacial score (nSPS) is 14.8. The molecule has 1 unspecified atom stereocenters. The molecule has 0 bridgehead atoms. The van der Waals surface area contributed by atoms with E-state index in [4.69, 9.17) is 0 Å². The molecule has 98 valence electrons. The Morgan fingerprint density at radius 1 is 0.938 bits per heavy atom. The molecule has 0 aromatic carbocycles. The van der Waals surface area contributed by atoms with E-state index < -0.39 is 0 Å². The standard InChI is InChI=1S/C15H33N/c1-12(2)9-8-10-14(15(5,6)7)11-16-13(3)4/h12-14,16H,8-11H2,1-7H3. The third-order valence-corrected chi connectivity index (χ3v) is 3.33. The minimum Gasteiger partial charge on any atom is -0.314 e. The second-order valence-electron chi connectivity index (χ2n) is 6.95. The molecule has 0 saturated carbocycles. The molecule has 0 aliphatic heterocycles. The van der Waals surface area contributed by atoms with Crippen molar-refractivity contribution in [2.45, 2.75) is 73.8 Å². The minimum absolute atomic E-state index is 0.429. The van der Waals surface area contributed by atoms with E-state index in [-0.39, 0.29) is 0 Å². The summed E-state index contributed by atoms with van der Waals surface area (Å²) < 4.78 is 0. The third kappa shape index (κ3) is 8.15. The summed E-state index contributed by atoms with van der Waals surface area (Å²) in [5, 5.41) is 3.59. The largest absolute Gasteiger partial charge is 0.314 e. The molecular weight excluding hydrogens is 194 g/mol. The van der Waals surface area contributed by atoms with Crippen molar-refractivity contribution in [1.29, 1.82) is 0 Å². The lowest BCUT2D eigenvalue weighted by Crippen LogP contribution is -2.35. The van der Waals surface area contributed by atoms with Gasteiger partial charge in [0, 0.05) is 6.04 Å². The molecule has 0 saturated heterocycles. The lowest BCUT2D eigenvalue weighted by Gasteiger charge is -2.32. The van der Waals surface area contributed by atoms with Crippen LogP contribution < -0.4 is 5.32 Å². The molecule has 0 aromatic heterocycles. The molecule has 0 aliphatic carbocycles. The summed E-state index contributed by atoms with van der Waals surface area (Å²) in [7, 11) is 0. The van der Waals surface area contributed by atoms with Crippen LogP contribution in [0.3, 0.4) is 0 Å². The first-order chi connectivity index (χ1) is 7.23. The molecule has 0 radical (unpaired) electrons. The van der Waals surface area contributed by atoms with Crippen molar-refractivity contribution in [1.82, 2.24) is 5.32 Å². The third-order valence-electron chi connectivity index (χ3n) is 3.33. The van der Waals surface area contributed by atoms with Gasteiger partial charge in [-0.05, 0) is 30.2 Å². The average molecular weight is 227 g/mol. The molecule has 0 amide bonds.